The van der Waals surface area contributed by atoms with E-state index in [0.717, 1.165) is 35.5 Å². The number of hydrogen-bond donors (Lipinski definition) is 0. The van der Waals surface area contributed by atoms with E-state index < -0.39 is 0 Å². The van der Waals surface area contributed by atoms with Crippen LogP contribution in [0.3, 0.4) is 0 Å². The molecular formula is C33H52N+. The monoisotopic (exact) mass is 462 g/mol. The van der Waals surface area contributed by atoms with Crippen molar-refractivity contribution in [3.05, 3.63) is 41.7 Å². The number of rotatable bonds is 6. The summed E-state index contributed by atoms with van der Waals surface area (Å²) in [7, 11) is 0. The minimum Gasteiger partial charge on any atom is -0.202 e. The SMILES string of the molecule is Cc1ccc[n+]([C@H]2CC[C@@]3(C)C(=CC[C@H]4[C@@H]5CC[C@H]([C@H](C)CCCC(C)C)[C@@]5(C)CC[C@@H]43)C2)c1. The summed E-state index contributed by atoms with van der Waals surface area (Å²) >= 11 is 0. The fourth-order valence-electron chi connectivity index (χ4n) is 9.76. The molecule has 0 saturated heterocycles. The van der Waals surface area contributed by atoms with E-state index in [4.69, 9.17) is 0 Å². The van der Waals surface area contributed by atoms with Crippen molar-refractivity contribution in [3.63, 3.8) is 0 Å². The molecule has 0 amide bonds. The Labute approximate surface area is 210 Å². The van der Waals surface area contributed by atoms with Crippen molar-refractivity contribution in [1.82, 2.24) is 0 Å². The minimum atomic E-state index is 0.464. The highest BCUT2D eigenvalue weighted by atomic mass is 15.0. The summed E-state index contributed by atoms with van der Waals surface area (Å²) in [6.45, 7) is 15.0. The molecule has 0 N–H and O–H groups in total. The highest BCUT2D eigenvalue weighted by Crippen LogP contribution is 2.67. The van der Waals surface area contributed by atoms with E-state index in [2.05, 4.69) is 76.7 Å². The maximum Gasteiger partial charge on any atom is 0.171 e. The zero-order valence-corrected chi connectivity index (χ0v) is 23.2. The van der Waals surface area contributed by atoms with Gasteiger partial charge in [-0.05, 0) is 97.9 Å². The van der Waals surface area contributed by atoms with Crippen LogP contribution in [0.1, 0.15) is 117 Å². The molecule has 0 radical (unpaired) electrons. The molecule has 5 rings (SSSR count). The zero-order chi connectivity index (χ0) is 24.1. The van der Waals surface area contributed by atoms with Crippen LogP contribution in [0.15, 0.2) is 36.2 Å². The molecule has 3 fully saturated rings. The third-order valence-electron chi connectivity index (χ3n) is 11.7. The molecule has 1 heteroatoms. The smallest absolute Gasteiger partial charge is 0.171 e. The van der Waals surface area contributed by atoms with Gasteiger partial charge in [-0.2, -0.15) is 0 Å². The van der Waals surface area contributed by atoms with Crippen LogP contribution >= 0.6 is 0 Å². The van der Waals surface area contributed by atoms with Crippen LogP contribution in [0.4, 0.5) is 0 Å². The summed E-state index contributed by atoms with van der Waals surface area (Å²) in [4.78, 5) is 0. The van der Waals surface area contributed by atoms with Crippen molar-refractivity contribution in [2.24, 2.45) is 46.3 Å². The Morgan fingerprint density at radius 2 is 1.82 bits per heavy atom. The summed E-state index contributed by atoms with van der Waals surface area (Å²) < 4.78 is 2.52. The van der Waals surface area contributed by atoms with Crippen molar-refractivity contribution in [3.8, 4) is 0 Å². The summed E-state index contributed by atoms with van der Waals surface area (Å²) in [5, 5.41) is 0. The third-order valence-corrected chi connectivity index (χ3v) is 11.7. The topological polar surface area (TPSA) is 3.88 Å². The van der Waals surface area contributed by atoms with Crippen LogP contribution in [0.5, 0.6) is 0 Å². The first kappa shape index (κ1) is 24.6. The molecule has 1 aromatic rings. The Kier molecular flexibility index (Phi) is 6.80. The van der Waals surface area contributed by atoms with Crippen molar-refractivity contribution in [1.29, 1.82) is 0 Å². The number of pyridine rings is 1. The van der Waals surface area contributed by atoms with Crippen LogP contribution in [0.2, 0.25) is 0 Å². The van der Waals surface area contributed by atoms with Crippen molar-refractivity contribution in [2.75, 3.05) is 0 Å². The van der Waals surface area contributed by atoms with E-state index in [1.54, 1.807) is 0 Å². The van der Waals surface area contributed by atoms with Gasteiger partial charge in [-0.25, -0.2) is 4.57 Å². The molecule has 1 aromatic heterocycles. The minimum absolute atomic E-state index is 0.464. The Morgan fingerprint density at radius 3 is 2.59 bits per heavy atom. The standard InChI is InChI=1S/C33H52N/c1-23(2)9-7-11-25(4)29-14-15-30-28-13-12-26-21-27(34-20-8-10-24(3)22-34)16-18-32(26,5)31(28)17-19-33(29,30)6/h8,10,12,20,22-23,25,27-31H,7,9,11,13-19,21H2,1-6H3/q+1/t25-,27+,28+,29-,30+,31+,32+,33-/m1/s1. The number of aromatic nitrogens is 1. The van der Waals surface area contributed by atoms with Crippen LogP contribution in [0.25, 0.3) is 0 Å². The fraction of sp³-hybridized carbons (Fsp3) is 0.788. The quantitative estimate of drug-likeness (QED) is 0.293. The molecule has 0 aliphatic heterocycles. The normalized spacial score (nSPS) is 40.3. The molecule has 1 nitrogen and oxygen atoms in total. The van der Waals surface area contributed by atoms with E-state index in [1.165, 1.54) is 76.2 Å². The second-order valence-corrected chi connectivity index (χ2v) is 14.0. The molecule has 0 unspecified atom stereocenters. The first-order valence-corrected chi connectivity index (χ1v) is 14.9. The second-order valence-electron chi connectivity index (χ2n) is 14.0. The lowest BCUT2D eigenvalue weighted by atomic mass is 9.47. The molecule has 3 saturated carbocycles. The Hall–Kier alpha value is -1.11. The van der Waals surface area contributed by atoms with Gasteiger partial charge in [0.2, 0.25) is 0 Å². The third kappa shape index (κ3) is 4.22. The van der Waals surface area contributed by atoms with E-state index >= 15 is 0 Å². The van der Waals surface area contributed by atoms with Gasteiger partial charge in [0, 0.05) is 24.5 Å². The van der Waals surface area contributed by atoms with Gasteiger partial charge >= 0.3 is 0 Å². The number of allylic oxidation sites excluding steroid dienone is 2. The first-order chi connectivity index (χ1) is 16.2. The molecular weight excluding hydrogens is 410 g/mol. The van der Waals surface area contributed by atoms with Gasteiger partial charge in [0.05, 0.1) is 0 Å². The van der Waals surface area contributed by atoms with Gasteiger partial charge in [0.1, 0.15) is 0 Å². The predicted molar refractivity (Wildman–Crippen MR) is 143 cm³/mol. The number of hydrogen-bond acceptors (Lipinski definition) is 0. The maximum absolute atomic E-state index is 2.76. The summed E-state index contributed by atoms with van der Waals surface area (Å²) in [6.07, 6.45) is 23.1. The maximum atomic E-state index is 2.76. The largest absolute Gasteiger partial charge is 0.202 e. The Morgan fingerprint density at radius 1 is 1.00 bits per heavy atom. The van der Waals surface area contributed by atoms with E-state index in [1.807, 2.05) is 5.57 Å². The molecule has 34 heavy (non-hydrogen) atoms. The van der Waals surface area contributed by atoms with Crippen LogP contribution < -0.4 is 4.57 Å². The molecule has 4 aliphatic rings. The highest BCUT2D eigenvalue weighted by molar-refractivity contribution is 5.25. The summed E-state index contributed by atoms with van der Waals surface area (Å²) in [5.41, 5.74) is 4.27. The molecule has 188 valence electrons. The first-order valence-electron chi connectivity index (χ1n) is 14.9. The molecule has 8 atom stereocenters. The lowest BCUT2D eigenvalue weighted by molar-refractivity contribution is -0.725. The number of aryl methyl sites for hydroxylation is 1. The summed E-state index contributed by atoms with van der Waals surface area (Å²) in [6, 6.07) is 5.12. The Bertz CT molecular complexity index is 898. The number of nitrogens with zero attached hydrogens (tertiary/aromatic N) is 1. The summed E-state index contributed by atoms with van der Waals surface area (Å²) in [5.74, 6) is 5.60. The van der Waals surface area contributed by atoms with E-state index in [-0.39, 0.29) is 0 Å². The molecule has 4 aliphatic carbocycles. The molecule has 0 aromatic carbocycles. The average Bonchev–Trinajstić information content (AvgIpc) is 3.15. The van der Waals surface area contributed by atoms with Crippen LogP contribution in [-0.4, -0.2) is 0 Å². The zero-order valence-electron chi connectivity index (χ0n) is 23.2. The second kappa shape index (κ2) is 9.40. The van der Waals surface area contributed by atoms with Gasteiger partial charge in [0.25, 0.3) is 0 Å². The molecule has 0 spiro atoms. The lowest BCUT2D eigenvalue weighted by Crippen LogP contribution is -2.52. The van der Waals surface area contributed by atoms with Crippen LogP contribution in [-0.2, 0) is 0 Å². The van der Waals surface area contributed by atoms with Gasteiger partial charge in [-0.15, -0.1) is 0 Å². The average molecular weight is 463 g/mol. The molecule has 0 bridgehead atoms. The van der Waals surface area contributed by atoms with E-state index in [9.17, 15) is 0 Å². The van der Waals surface area contributed by atoms with Crippen molar-refractivity contribution < 1.29 is 4.57 Å². The van der Waals surface area contributed by atoms with Crippen molar-refractivity contribution in [2.45, 2.75) is 118 Å². The van der Waals surface area contributed by atoms with Crippen LogP contribution in [0, 0.1) is 53.3 Å². The van der Waals surface area contributed by atoms with Gasteiger partial charge < -0.3 is 0 Å². The number of fused-ring (bicyclic) bond motifs is 5. The van der Waals surface area contributed by atoms with Gasteiger partial charge in [-0.1, -0.05) is 65.5 Å². The van der Waals surface area contributed by atoms with E-state index in [0.29, 0.717) is 16.9 Å². The highest BCUT2D eigenvalue weighted by Gasteiger charge is 2.59. The Balaban J connectivity index is 1.31. The molecule has 1 heterocycles. The van der Waals surface area contributed by atoms with Crippen molar-refractivity contribution >= 4 is 0 Å². The predicted octanol–water partition coefficient (Wildman–Crippen LogP) is 8.87. The van der Waals surface area contributed by atoms with Gasteiger partial charge in [-0.3, -0.25) is 0 Å². The fourth-order valence-corrected chi connectivity index (χ4v) is 9.76. The van der Waals surface area contributed by atoms with Gasteiger partial charge in [0.15, 0.2) is 18.4 Å². The lowest BCUT2D eigenvalue weighted by Gasteiger charge is -2.58.